The molecule has 0 bridgehead atoms. The number of benzene rings is 2. The Bertz CT molecular complexity index is 911. The van der Waals surface area contributed by atoms with Gasteiger partial charge in [0.05, 0.1) is 5.92 Å². The van der Waals surface area contributed by atoms with E-state index in [-0.39, 0.29) is 12.5 Å². The van der Waals surface area contributed by atoms with E-state index in [1.807, 2.05) is 24.3 Å². The van der Waals surface area contributed by atoms with E-state index in [1.165, 1.54) is 41.5 Å². The molecule has 0 heterocycles. The van der Waals surface area contributed by atoms with Gasteiger partial charge in [-0.25, -0.2) is 4.79 Å². The third kappa shape index (κ3) is 5.76. The number of fused-ring (bicyclic) bond motifs is 3. The Balaban J connectivity index is 1.41. The summed E-state index contributed by atoms with van der Waals surface area (Å²) in [4.78, 5) is 24.8. The topological polar surface area (TPSA) is 75.6 Å². The van der Waals surface area contributed by atoms with Crippen LogP contribution in [0.1, 0.15) is 81.3 Å². The van der Waals surface area contributed by atoms with Crippen LogP contribution in [0.4, 0.5) is 4.79 Å². The quantitative estimate of drug-likeness (QED) is 0.558. The molecule has 1 saturated carbocycles. The van der Waals surface area contributed by atoms with Crippen molar-refractivity contribution in [3.63, 3.8) is 0 Å². The van der Waals surface area contributed by atoms with E-state index < -0.39 is 24.0 Å². The van der Waals surface area contributed by atoms with Gasteiger partial charge in [0.25, 0.3) is 0 Å². The van der Waals surface area contributed by atoms with Gasteiger partial charge in [-0.1, -0.05) is 99.9 Å². The van der Waals surface area contributed by atoms with Gasteiger partial charge in [-0.2, -0.15) is 0 Å². The predicted octanol–water partition coefficient (Wildman–Crippen LogP) is 6.51. The second kappa shape index (κ2) is 11.4. The Morgan fingerprint density at radius 3 is 1.88 bits per heavy atom. The number of alkyl carbamates (subject to hydrolysis) is 1. The molecule has 33 heavy (non-hydrogen) atoms. The Hall–Kier alpha value is -2.82. The fourth-order valence-electron chi connectivity index (χ4n) is 5.45. The number of carbonyl (C=O) groups excluding carboxylic acids is 1. The largest absolute Gasteiger partial charge is 0.481 e. The second-order valence-electron chi connectivity index (χ2n) is 9.43. The number of aliphatic carboxylic acids is 1. The molecule has 4 rings (SSSR count). The summed E-state index contributed by atoms with van der Waals surface area (Å²) in [6.07, 6.45) is 9.54. The molecule has 0 unspecified atom stereocenters. The highest BCUT2D eigenvalue weighted by Gasteiger charge is 2.31. The Morgan fingerprint density at radius 2 is 1.30 bits per heavy atom. The van der Waals surface area contributed by atoms with Crippen molar-refractivity contribution in [2.75, 3.05) is 6.61 Å². The van der Waals surface area contributed by atoms with Crippen molar-refractivity contribution in [3.8, 4) is 11.1 Å². The van der Waals surface area contributed by atoms with Gasteiger partial charge in [0, 0.05) is 12.0 Å². The van der Waals surface area contributed by atoms with Crippen molar-refractivity contribution in [1.82, 2.24) is 5.32 Å². The minimum atomic E-state index is -0.823. The number of ether oxygens (including phenoxy) is 1. The first-order valence-corrected chi connectivity index (χ1v) is 12.5. The van der Waals surface area contributed by atoms with Gasteiger partial charge >= 0.3 is 12.1 Å². The molecule has 2 aliphatic carbocycles. The highest BCUT2D eigenvalue weighted by atomic mass is 16.5. The first-order valence-electron chi connectivity index (χ1n) is 12.5. The third-order valence-electron chi connectivity index (χ3n) is 7.23. The summed E-state index contributed by atoms with van der Waals surface area (Å²) in [5.41, 5.74) is 4.71. The highest BCUT2D eigenvalue weighted by Crippen LogP contribution is 2.44. The molecule has 2 atom stereocenters. The SMILES string of the molecule is O=C(N[C@@H]1CCCCCCCCCC[C@@H]1C(=O)O)OCC1c2ccccc2-c2ccccc21. The zero-order chi connectivity index (χ0) is 23.0. The Morgan fingerprint density at radius 1 is 0.788 bits per heavy atom. The van der Waals surface area contributed by atoms with Gasteiger partial charge in [-0.05, 0) is 35.1 Å². The average molecular weight is 450 g/mol. The minimum absolute atomic E-state index is 0.00488. The lowest BCUT2D eigenvalue weighted by molar-refractivity contribution is -0.143. The lowest BCUT2D eigenvalue weighted by Gasteiger charge is -2.26. The van der Waals surface area contributed by atoms with Crippen LogP contribution in [-0.2, 0) is 9.53 Å². The number of carbonyl (C=O) groups is 2. The van der Waals surface area contributed by atoms with Crippen molar-refractivity contribution >= 4 is 12.1 Å². The minimum Gasteiger partial charge on any atom is -0.481 e. The molecule has 0 spiro atoms. The third-order valence-corrected chi connectivity index (χ3v) is 7.23. The van der Waals surface area contributed by atoms with E-state index in [0.29, 0.717) is 12.8 Å². The smallest absolute Gasteiger partial charge is 0.407 e. The van der Waals surface area contributed by atoms with Crippen LogP contribution < -0.4 is 5.32 Å². The lowest BCUT2D eigenvalue weighted by atomic mass is 9.88. The molecule has 0 aliphatic heterocycles. The molecule has 5 nitrogen and oxygen atoms in total. The number of hydrogen-bond acceptors (Lipinski definition) is 3. The number of amides is 1. The molecule has 2 aromatic carbocycles. The molecule has 5 heteroatoms. The van der Waals surface area contributed by atoms with E-state index in [0.717, 1.165) is 32.1 Å². The molecule has 2 aromatic rings. The first-order chi connectivity index (χ1) is 16.1. The number of rotatable bonds is 4. The molecular formula is C28H35NO4. The molecule has 0 aromatic heterocycles. The number of nitrogens with one attached hydrogen (secondary N) is 1. The van der Waals surface area contributed by atoms with Crippen molar-refractivity contribution < 1.29 is 19.4 Å². The fourth-order valence-corrected chi connectivity index (χ4v) is 5.45. The van der Waals surface area contributed by atoms with Crippen LogP contribution in [0.3, 0.4) is 0 Å². The fraction of sp³-hybridized carbons (Fsp3) is 0.500. The standard InChI is InChI=1S/C28H35NO4/c30-27(31)24-17-7-5-3-1-2-4-6-8-18-26(24)29-28(32)33-19-25-22-15-11-9-13-20(22)21-14-10-12-16-23(21)25/h9-16,24-26H,1-8,17-19H2,(H,29,32)(H,30,31)/t24-,26+/m0/s1. The molecule has 2 aliphatic rings. The number of carboxylic acids is 1. The van der Waals surface area contributed by atoms with Crippen LogP contribution in [0.15, 0.2) is 48.5 Å². The second-order valence-corrected chi connectivity index (χ2v) is 9.43. The monoisotopic (exact) mass is 449 g/mol. The lowest BCUT2D eigenvalue weighted by Crippen LogP contribution is -2.44. The Labute approximate surface area is 196 Å². The summed E-state index contributed by atoms with van der Waals surface area (Å²) in [5.74, 6) is -1.39. The van der Waals surface area contributed by atoms with Crippen LogP contribution in [0.2, 0.25) is 0 Å². The summed E-state index contributed by atoms with van der Waals surface area (Å²) < 4.78 is 5.70. The molecule has 0 radical (unpaired) electrons. The van der Waals surface area contributed by atoms with Gasteiger partial charge in [0.15, 0.2) is 0 Å². The maximum absolute atomic E-state index is 12.8. The molecular weight excluding hydrogens is 414 g/mol. The zero-order valence-corrected chi connectivity index (χ0v) is 19.3. The van der Waals surface area contributed by atoms with Gasteiger partial charge in [0.2, 0.25) is 0 Å². The predicted molar refractivity (Wildman–Crippen MR) is 129 cm³/mol. The summed E-state index contributed by atoms with van der Waals surface area (Å²) >= 11 is 0. The average Bonchev–Trinajstić information content (AvgIpc) is 3.13. The number of carboxylic acid groups (broad SMARTS) is 1. The van der Waals surface area contributed by atoms with Gasteiger partial charge in [0.1, 0.15) is 6.61 Å². The molecule has 0 saturated heterocycles. The zero-order valence-electron chi connectivity index (χ0n) is 19.3. The van der Waals surface area contributed by atoms with Gasteiger partial charge < -0.3 is 15.2 Å². The maximum atomic E-state index is 12.8. The number of hydrogen-bond donors (Lipinski definition) is 2. The van der Waals surface area contributed by atoms with E-state index in [1.54, 1.807) is 0 Å². The van der Waals surface area contributed by atoms with Crippen LogP contribution in [0, 0.1) is 5.92 Å². The molecule has 1 fully saturated rings. The highest BCUT2D eigenvalue weighted by molar-refractivity contribution is 5.79. The molecule has 1 amide bonds. The molecule has 2 N–H and O–H groups in total. The van der Waals surface area contributed by atoms with Crippen LogP contribution in [-0.4, -0.2) is 29.8 Å². The molecule has 176 valence electrons. The van der Waals surface area contributed by atoms with Gasteiger partial charge in [-0.15, -0.1) is 0 Å². The van der Waals surface area contributed by atoms with Crippen molar-refractivity contribution in [2.45, 2.75) is 76.2 Å². The van der Waals surface area contributed by atoms with Crippen LogP contribution in [0.25, 0.3) is 11.1 Å². The maximum Gasteiger partial charge on any atom is 0.407 e. The van der Waals surface area contributed by atoms with Crippen molar-refractivity contribution in [3.05, 3.63) is 59.7 Å². The van der Waals surface area contributed by atoms with Crippen LogP contribution >= 0.6 is 0 Å². The summed E-state index contributed by atoms with van der Waals surface area (Å²) in [6, 6.07) is 16.1. The van der Waals surface area contributed by atoms with Gasteiger partial charge in [-0.3, -0.25) is 4.79 Å². The van der Waals surface area contributed by atoms with E-state index in [2.05, 4.69) is 29.6 Å². The van der Waals surface area contributed by atoms with Crippen molar-refractivity contribution in [1.29, 1.82) is 0 Å². The first kappa shape index (κ1) is 23.3. The van der Waals surface area contributed by atoms with E-state index in [9.17, 15) is 14.7 Å². The Kier molecular flexibility index (Phi) is 8.03. The normalized spacial score (nSPS) is 21.7. The summed E-state index contributed by atoms with van der Waals surface area (Å²) in [7, 11) is 0. The van der Waals surface area contributed by atoms with Crippen molar-refractivity contribution in [2.24, 2.45) is 5.92 Å². The summed E-state index contributed by atoms with van der Waals surface area (Å²) in [6.45, 7) is 0.240. The van der Waals surface area contributed by atoms with E-state index >= 15 is 0 Å². The van der Waals surface area contributed by atoms with E-state index in [4.69, 9.17) is 4.74 Å². The summed E-state index contributed by atoms with van der Waals surface area (Å²) in [5, 5.41) is 12.8. The van der Waals surface area contributed by atoms with Crippen LogP contribution in [0.5, 0.6) is 0 Å².